The smallest absolute Gasteiger partial charge is 0.266 e. The largest absolute Gasteiger partial charge is 0.396 e. The molecule has 3 amide bonds. The number of anilines is 3. The van der Waals surface area contributed by atoms with Crippen molar-refractivity contribution in [3.63, 3.8) is 0 Å². The first-order valence-electron chi connectivity index (χ1n) is 22.5. The number of carbonyl (C=O) groups excluding carboxylic acids is 3. The molecule has 7 aromatic rings. The molecule has 2 N–H and O–H groups in total. The number of para-hydroxylation sites is 2. The fourth-order valence-corrected chi connectivity index (χ4v) is 11.1. The Bertz CT molecular complexity index is 2930. The van der Waals surface area contributed by atoms with Crippen LogP contribution in [0, 0.1) is 0 Å². The molecule has 0 bridgehead atoms. The number of hydrogen-bond donors (Lipinski definition) is 2. The highest BCUT2D eigenvalue weighted by Crippen LogP contribution is 2.52. The molecule has 0 fully saturated rings. The molecule has 8 heteroatoms. The number of aliphatic hydroxyl groups is 1. The zero-order valence-electron chi connectivity index (χ0n) is 37.1. The Morgan fingerprint density at radius 2 is 1.08 bits per heavy atom. The van der Waals surface area contributed by atoms with E-state index in [4.69, 9.17) is 0 Å². The molecule has 0 radical (unpaired) electrons. The Hall–Kier alpha value is -5.31. The highest BCUT2D eigenvalue weighted by Gasteiger charge is 2.40. The second-order valence-corrected chi connectivity index (χ2v) is 19.5. The molecular weight excluding hydrogens is 835 g/mol. The van der Waals surface area contributed by atoms with Crippen LogP contribution in [0.15, 0.2) is 77.3 Å². The van der Waals surface area contributed by atoms with Gasteiger partial charge in [-0.25, -0.2) is 4.90 Å². The average molecular weight is 891 g/mol. The molecule has 0 spiro atoms. The lowest BCUT2D eigenvalue weighted by atomic mass is 9.81. The normalized spacial score (nSPS) is 14.3. The van der Waals surface area contributed by atoms with Crippen molar-refractivity contribution in [3.05, 3.63) is 122 Å². The predicted molar refractivity (Wildman–Crippen MR) is 260 cm³/mol. The zero-order valence-corrected chi connectivity index (χ0v) is 38.7. The number of aliphatic hydroxyl groups excluding tert-OH is 1. The van der Waals surface area contributed by atoms with Crippen molar-refractivity contribution in [1.82, 2.24) is 0 Å². The zero-order chi connectivity index (χ0) is 43.9. The van der Waals surface area contributed by atoms with E-state index < -0.39 is 0 Å². The number of benzene rings is 7. The highest BCUT2D eigenvalue weighted by molar-refractivity contribution is 9.10. The summed E-state index contributed by atoms with van der Waals surface area (Å²) in [6.07, 6.45) is 3.66. The number of hydrogen-bond acceptors (Lipinski definition) is 5. The summed E-state index contributed by atoms with van der Waals surface area (Å²) in [4.78, 5) is 48.6. The van der Waals surface area contributed by atoms with E-state index in [-0.39, 0.29) is 48.0 Å². The lowest BCUT2D eigenvalue weighted by molar-refractivity contribution is 0.0891. The van der Waals surface area contributed by atoms with Crippen LogP contribution in [-0.4, -0.2) is 36.0 Å². The number of nitrogens with zero attached hydrogens (tertiary/aromatic N) is 2. The summed E-state index contributed by atoms with van der Waals surface area (Å²) < 4.78 is 0.767. The van der Waals surface area contributed by atoms with Gasteiger partial charge >= 0.3 is 0 Å². The number of imide groups is 1. The van der Waals surface area contributed by atoms with Crippen LogP contribution in [0.1, 0.15) is 164 Å². The number of unbranched alkanes of at least 4 members (excludes halogenated alkanes) is 3. The van der Waals surface area contributed by atoms with Gasteiger partial charge in [0.25, 0.3) is 17.7 Å². The molecule has 62 heavy (non-hydrogen) atoms. The van der Waals surface area contributed by atoms with Gasteiger partial charge in [-0.15, -0.1) is 0 Å². The van der Waals surface area contributed by atoms with E-state index >= 15 is 14.4 Å². The van der Waals surface area contributed by atoms with Gasteiger partial charge in [0.1, 0.15) is 0 Å². The fraction of sp³-hybridized carbons (Fsp3) is 0.352. The molecule has 2 aliphatic rings. The van der Waals surface area contributed by atoms with E-state index in [2.05, 4.69) is 113 Å². The van der Waals surface area contributed by atoms with Gasteiger partial charge in [0.2, 0.25) is 0 Å². The van der Waals surface area contributed by atoms with Crippen molar-refractivity contribution in [2.75, 3.05) is 28.3 Å². The summed E-state index contributed by atoms with van der Waals surface area (Å²) in [5.41, 5.74) is 9.65. The summed E-state index contributed by atoms with van der Waals surface area (Å²) in [6.45, 7) is 18.5. The fourth-order valence-electron chi connectivity index (χ4n) is 10.4. The molecule has 2 heterocycles. The van der Waals surface area contributed by atoms with Gasteiger partial charge in [0.05, 0.1) is 23.5 Å². The van der Waals surface area contributed by atoms with Crippen LogP contribution in [0.5, 0.6) is 0 Å². The minimum absolute atomic E-state index is 0.0107. The lowest BCUT2D eigenvalue weighted by Crippen LogP contribution is -2.41. The first kappa shape index (κ1) is 42.0. The van der Waals surface area contributed by atoms with Gasteiger partial charge in [-0.1, -0.05) is 133 Å². The van der Waals surface area contributed by atoms with Crippen LogP contribution in [0.4, 0.5) is 17.1 Å². The van der Waals surface area contributed by atoms with E-state index in [0.29, 0.717) is 34.3 Å². The average Bonchev–Trinajstić information content (AvgIpc) is 3.24. The minimum atomic E-state index is -0.327. The van der Waals surface area contributed by atoms with Crippen LogP contribution < -0.4 is 15.1 Å². The van der Waals surface area contributed by atoms with Crippen molar-refractivity contribution in [2.24, 2.45) is 0 Å². The number of halogens is 1. The van der Waals surface area contributed by atoms with Crippen LogP contribution in [0.2, 0.25) is 0 Å². The molecule has 7 aromatic carbocycles. The van der Waals surface area contributed by atoms with Gasteiger partial charge in [-0.2, -0.15) is 0 Å². The highest BCUT2D eigenvalue weighted by atomic mass is 79.9. The summed E-state index contributed by atoms with van der Waals surface area (Å²) in [5, 5.41) is 20.6. The first-order chi connectivity index (χ1) is 29.8. The van der Waals surface area contributed by atoms with E-state index in [1.807, 2.05) is 41.3 Å². The van der Waals surface area contributed by atoms with Gasteiger partial charge in [-0.05, 0) is 99.4 Å². The van der Waals surface area contributed by atoms with Gasteiger partial charge in [0, 0.05) is 66.8 Å². The maximum absolute atomic E-state index is 15.1. The topological polar surface area (TPSA) is 89.9 Å². The Morgan fingerprint density at radius 1 is 0.565 bits per heavy atom. The summed E-state index contributed by atoms with van der Waals surface area (Å²) in [5.74, 6) is -0.0273. The standard InChI is InChI=1S/C54H56BrN3O4/c1-28(2)33-15-13-16-34(29(3)4)50(33)57-27-32-25-43(56-23-11-9-10-12-24-59)47-38-20-22-40-45-41(26-42(55)46(49(38)45)37-19-21-39(52(57)60)44(32)48(37)47)54(62)58(53(40)61)51-35(30(5)6)17-14-18-36(51)31(7)8/h13-22,25-26,28-31,56,59H,9-12,23-24,27H2,1-8H3. The SMILES string of the molecule is CC(C)c1cccc(C(C)C)c1N1Cc2cc(NCCCCCCO)c3c4ccc5c6c(cc(Br)c(c7ccc(c2c73)C1=O)c64)C(=O)N(c1c(C(C)C)cccc1C(C)C)C5=O. The Kier molecular flexibility index (Phi) is 10.9. The number of rotatable bonds is 13. The molecule has 9 rings (SSSR count). The van der Waals surface area contributed by atoms with Gasteiger partial charge in [-0.3, -0.25) is 14.4 Å². The molecule has 7 nitrogen and oxygen atoms in total. The number of fused-ring (bicyclic) bond motifs is 2. The molecule has 2 aliphatic heterocycles. The molecule has 0 saturated heterocycles. The van der Waals surface area contributed by atoms with Crippen molar-refractivity contribution >= 4 is 93.8 Å². The second-order valence-electron chi connectivity index (χ2n) is 18.7. The third kappa shape index (κ3) is 6.42. The van der Waals surface area contributed by atoms with E-state index in [1.54, 1.807) is 0 Å². The molecule has 0 aromatic heterocycles. The molecule has 0 atom stereocenters. The molecule has 0 unspecified atom stereocenters. The van der Waals surface area contributed by atoms with E-state index in [9.17, 15) is 5.11 Å². The Labute approximate surface area is 372 Å². The summed E-state index contributed by atoms with van der Waals surface area (Å²) >= 11 is 3.99. The third-order valence-corrected chi connectivity index (χ3v) is 14.0. The number of carbonyl (C=O) groups is 3. The maximum Gasteiger partial charge on any atom is 0.266 e. The van der Waals surface area contributed by atoms with Crippen LogP contribution in [0.3, 0.4) is 0 Å². The Morgan fingerprint density at radius 3 is 1.66 bits per heavy atom. The van der Waals surface area contributed by atoms with Gasteiger partial charge < -0.3 is 15.3 Å². The predicted octanol–water partition coefficient (Wildman–Crippen LogP) is 13.9. The first-order valence-corrected chi connectivity index (χ1v) is 23.3. The van der Waals surface area contributed by atoms with Gasteiger partial charge in [0.15, 0.2) is 0 Å². The third-order valence-electron chi connectivity index (χ3n) is 13.4. The van der Waals surface area contributed by atoms with Crippen molar-refractivity contribution < 1.29 is 19.5 Å². The van der Waals surface area contributed by atoms with Crippen LogP contribution >= 0.6 is 15.9 Å². The summed E-state index contributed by atoms with van der Waals surface area (Å²) in [7, 11) is 0. The Balaban J connectivity index is 1.31. The van der Waals surface area contributed by atoms with Crippen LogP contribution in [-0.2, 0) is 6.54 Å². The number of amides is 3. The monoisotopic (exact) mass is 889 g/mol. The quantitative estimate of drug-likeness (QED) is 0.0521. The molecule has 318 valence electrons. The van der Waals surface area contributed by atoms with E-state index in [1.165, 1.54) is 4.90 Å². The summed E-state index contributed by atoms with van der Waals surface area (Å²) in [6, 6.07) is 24.7. The number of nitrogens with one attached hydrogen (secondary N) is 1. The maximum atomic E-state index is 15.1. The van der Waals surface area contributed by atoms with E-state index in [0.717, 1.165) is 114 Å². The van der Waals surface area contributed by atoms with Crippen molar-refractivity contribution in [3.8, 4) is 0 Å². The van der Waals surface area contributed by atoms with Crippen molar-refractivity contribution in [1.29, 1.82) is 0 Å². The molecular formula is C54H56BrN3O4. The van der Waals surface area contributed by atoms with Crippen molar-refractivity contribution in [2.45, 2.75) is 111 Å². The molecule has 0 aliphatic carbocycles. The minimum Gasteiger partial charge on any atom is -0.396 e. The molecule has 0 saturated carbocycles. The second kappa shape index (κ2) is 16.1. The lowest BCUT2D eigenvalue weighted by Gasteiger charge is -2.35. The van der Waals surface area contributed by atoms with Crippen LogP contribution in [0.25, 0.3) is 43.1 Å².